The lowest BCUT2D eigenvalue weighted by atomic mass is 10.1. The molecule has 0 aliphatic carbocycles. The van der Waals surface area contributed by atoms with Gasteiger partial charge < -0.3 is 0 Å². The van der Waals surface area contributed by atoms with Gasteiger partial charge in [0.15, 0.2) is 6.29 Å². The number of sulfonamides is 1. The van der Waals surface area contributed by atoms with Crippen molar-refractivity contribution in [2.24, 2.45) is 0 Å². The van der Waals surface area contributed by atoms with Crippen molar-refractivity contribution in [1.82, 2.24) is 4.31 Å². The minimum Gasteiger partial charge on any atom is -0.298 e. The molecule has 2 aromatic carbocycles. The van der Waals surface area contributed by atoms with Crippen molar-refractivity contribution in [3.63, 3.8) is 0 Å². The number of hydrogen-bond donors (Lipinski definition) is 0. The zero-order valence-corrected chi connectivity index (χ0v) is 13.2. The highest BCUT2D eigenvalue weighted by Crippen LogP contribution is 2.19. The number of carbonyl (C=O) groups excluding carboxylic acids is 1. The number of aldehydes is 1. The number of hydrogen-bond acceptors (Lipinski definition) is 3. The van der Waals surface area contributed by atoms with Crippen LogP contribution < -0.4 is 0 Å². The molecule has 0 aromatic heterocycles. The summed E-state index contributed by atoms with van der Waals surface area (Å²) in [5.74, 6) is -1.41. The molecule has 122 valence electrons. The molecule has 0 unspecified atom stereocenters. The fourth-order valence-electron chi connectivity index (χ4n) is 2.10. The molecule has 23 heavy (non-hydrogen) atoms. The molecule has 2 rings (SSSR count). The third kappa shape index (κ3) is 3.80. The summed E-state index contributed by atoms with van der Waals surface area (Å²) in [5, 5.41) is 0. The Kier molecular flexibility index (Phi) is 5.23. The van der Waals surface area contributed by atoms with Gasteiger partial charge in [-0.2, -0.15) is 0 Å². The van der Waals surface area contributed by atoms with E-state index in [1.165, 1.54) is 31.3 Å². The minimum atomic E-state index is -3.87. The second kappa shape index (κ2) is 6.97. The van der Waals surface area contributed by atoms with Crippen molar-refractivity contribution in [3.05, 3.63) is 65.2 Å². The molecule has 0 fully saturated rings. The summed E-state index contributed by atoms with van der Waals surface area (Å²) in [5.41, 5.74) is 0.282. The van der Waals surface area contributed by atoms with Crippen LogP contribution in [0.2, 0.25) is 0 Å². The summed E-state index contributed by atoms with van der Waals surface area (Å²) >= 11 is 0. The number of carbonyl (C=O) groups is 1. The van der Waals surface area contributed by atoms with Crippen LogP contribution in [0.25, 0.3) is 0 Å². The molecule has 0 N–H and O–H groups in total. The highest BCUT2D eigenvalue weighted by molar-refractivity contribution is 7.89. The Morgan fingerprint density at radius 2 is 1.83 bits per heavy atom. The number of rotatable bonds is 6. The van der Waals surface area contributed by atoms with Crippen molar-refractivity contribution in [2.45, 2.75) is 11.3 Å². The summed E-state index contributed by atoms with van der Waals surface area (Å²) in [6, 6.07) is 9.00. The highest BCUT2D eigenvalue weighted by Gasteiger charge is 2.23. The van der Waals surface area contributed by atoms with E-state index in [2.05, 4.69) is 0 Å². The van der Waals surface area contributed by atoms with Crippen molar-refractivity contribution >= 4 is 16.3 Å². The fraction of sp³-hybridized carbons (Fsp3) is 0.188. The second-order valence-electron chi connectivity index (χ2n) is 4.97. The Morgan fingerprint density at radius 3 is 2.48 bits per heavy atom. The van der Waals surface area contributed by atoms with E-state index < -0.39 is 21.7 Å². The Balaban J connectivity index is 2.19. The zero-order chi connectivity index (χ0) is 17.0. The SMILES string of the molecule is CN(CCc1ccc(F)cc1F)S(=O)(=O)c1ccccc1C=O. The van der Waals surface area contributed by atoms with Crippen molar-refractivity contribution in [3.8, 4) is 0 Å². The smallest absolute Gasteiger partial charge is 0.243 e. The van der Waals surface area contributed by atoms with Crippen LogP contribution in [0.3, 0.4) is 0 Å². The first-order valence-corrected chi connectivity index (χ1v) is 8.24. The van der Waals surface area contributed by atoms with Gasteiger partial charge in [-0.05, 0) is 24.1 Å². The first-order chi connectivity index (χ1) is 10.9. The van der Waals surface area contributed by atoms with Crippen molar-refractivity contribution in [2.75, 3.05) is 13.6 Å². The van der Waals surface area contributed by atoms with E-state index in [-0.39, 0.29) is 29.0 Å². The first-order valence-electron chi connectivity index (χ1n) is 6.80. The normalized spacial score (nSPS) is 11.7. The molecule has 0 heterocycles. The summed E-state index contributed by atoms with van der Waals surface area (Å²) in [4.78, 5) is 10.9. The van der Waals surface area contributed by atoms with Crippen LogP contribution in [0.4, 0.5) is 8.78 Å². The molecule has 0 amide bonds. The van der Waals surface area contributed by atoms with E-state index in [9.17, 15) is 22.0 Å². The van der Waals surface area contributed by atoms with Crippen LogP contribution in [0.15, 0.2) is 47.4 Å². The van der Waals surface area contributed by atoms with Gasteiger partial charge in [0.2, 0.25) is 10.0 Å². The number of likely N-dealkylation sites (N-methyl/N-ethyl adjacent to an activating group) is 1. The maximum absolute atomic E-state index is 13.6. The van der Waals surface area contributed by atoms with E-state index in [1.54, 1.807) is 6.07 Å². The molecule has 7 heteroatoms. The maximum atomic E-state index is 13.6. The first kappa shape index (κ1) is 17.2. The van der Waals surface area contributed by atoms with Crippen LogP contribution in [0.5, 0.6) is 0 Å². The molecule has 0 radical (unpaired) electrons. The van der Waals surface area contributed by atoms with Gasteiger partial charge in [0, 0.05) is 25.2 Å². The fourth-order valence-corrected chi connectivity index (χ4v) is 3.44. The van der Waals surface area contributed by atoms with Crippen LogP contribution >= 0.6 is 0 Å². The van der Waals surface area contributed by atoms with Crippen LogP contribution in [-0.2, 0) is 16.4 Å². The maximum Gasteiger partial charge on any atom is 0.243 e. The van der Waals surface area contributed by atoms with Gasteiger partial charge >= 0.3 is 0 Å². The average molecular weight is 339 g/mol. The molecule has 0 bridgehead atoms. The van der Waals surface area contributed by atoms with Gasteiger partial charge in [0.05, 0.1) is 4.90 Å². The topological polar surface area (TPSA) is 54.5 Å². The number of halogens is 2. The molecule has 4 nitrogen and oxygen atoms in total. The minimum absolute atomic E-state index is 0.00191. The molecular formula is C16H15F2NO3S. The standard InChI is InChI=1S/C16H15F2NO3S/c1-19(9-8-12-6-7-14(17)10-15(12)18)23(21,22)16-5-3-2-4-13(16)11-20/h2-7,10-11H,8-9H2,1H3. The predicted molar refractivity (Wildman–Crippen MR) is 81.7 cm³/mol. The zero-order valence-electron chi connectivity index (χ0n) is 12.4. The molecular weight excluding hydrogens is 324 g/mol. The molecule has 0 saturated heterocycles. The Morgan fingerprint density at radius 1 is 1.13 bits per heavy atom. The van der Waals surface area contributed by atoms with Crippen molar-refractivity contribution < 1.29 is 22.0 Å². The van der Waals surface area contributed by atoms with Gasteiger partial charge in [0.1, 0.15) is 11.6 Å². The predicted octanol–water partition coefficient (Wildman–Crippen LogP) is 2.64. The molecule has 0 aliphatic rings. The molecule has 0 saturated carbocycles. The molecule has 2 aromatic rings. The highest BCUT2D eigenvalue weighted by atomic mass is 32.2. The Bertz CT molecular complexity index is 822. The monoisotopic (exact) mass is 339 g/mol. The van der Waals surface area contributed by atoms with E-state index in [1.807, 2.05) is 0 Å². The van der Waals surface area contributed by atoms with E-state index >= 15 is 0 Å². The summed E-state index contributed by atoms with van der Waals surface area (Å²) in [6.45, 7) is -0.00191. The molecule has 0 atom stereocenters. The van der Waals surface area contributed by atoms with Crippen LogP contribution in [0, 0.1) is 11.6 Å². The largest absolute Gasteiger partial charge is 0.298 e. The second-order valence-corrected chi connectivity index (χ2v) is 6.98. The Labute approximate surface area is 133 Å². The van der Waals surface area contributed by atoms with Crippen LogP contribution in [0.1, 0.15) is 15.9 Å². The lowest BCUT2D eigenvalue weighted by Crippen LogP contribution is -2.30. The molecule has 0 aliphatic heterocycles. The van der Waals surface area contributed by atoms with Gasteiger partial charge in [-0.1, -0.05) is 24.3 Å². The third-order valence-corrected chi connectivity index (χ3v) is 5.38. The van der Waals surface area contributed by atoms with E-state index in [0.29, 0.717) is 6.29 Å². The van der Waals surface area contributed by atoms with E-state index in [0.717, 1.165) is 16.4 Å². The van der Waals surface area contributed by atoms with Gasteiger partial charge in [-0.25, -0.2) is 21.5 Å². The van der Waals surface area contributed by atoms with Gasteiger partial charge in [-0.3, -0.25) is 4.79 Å². The lowest BCUT2D eigenvalue weighted by Gasteiger charge is -2.18. The summed E-state index contributed by atoms with van der Waals surface area (Å²) in [7, 11) is -2.52. The van der Waals surface area contributed by atoms with Crippen molar-refractivity contribution in [1.29, 1.82) is 0 Å². The average Bonchev–Trinajstić information content (AvgIpc) is 2.53. The Hall–Kier alpha value is -2.12. The molecule has 0 spiro atoms. The summed E-state index contributed by atoms with van der Waals surface area (Å²) in [6.07, 6.45) is 0.561. The summed E-state index contributed by atoms with van der Waals surface area (Å²) < 4.78 is 52.5. The van der Waals surface area contributed by atoms with Crippen LogP contribution in [-0.4, -0.2) is 32.6 Å². The number of benzene rings is 2. The number of nitrogens with zero attached hydrogens (tertiary/aromatic N) is 1. The van der Waals surface area contributed by atoms with Gasteiger partial charge in [-0.15, -0.1) is 0 Å². The lowest BCUT2D eigenvalue weighted by molar-refractivity contribution is 0.112. The quantitative estimate of drug-likeness (QED) is 0.760. The van der Waals surface area contributed by atoms with E-state index in [4.69, 9.17) is 0 Å². The van der Waals surface area contributed by atoms with Gasteiger partial charge in [0.25, 0.3) is 0 Å². The third-order valence-electron chi connectivity index (χ3n) is 3.45.